The lowest BCUT2D eigenvalue weighted by molar-refractivity contribution is -0.385. The summed E-state index contributed by atoms with van der Waals surface area (Å²) in [6, 6.07) is 2.23. The second-order valence-corrected chi connectivity index (χ2v) is 4.70. The van der Waals surface area contributed by atoms with E-state index in [1.807, 2.05) is 0 Å². The Hall–Kier alpha value is -1.01. The van der Waals surface area contributed by atoms with Gasteiger partial charge in [0.2, 0.25) is 0 Å². The fourth-order valence-electron chi connectivity index (χ4n) is 1.64. The van der Waals surface area contributed by atoms with Crippen LogP contribution < -0.4 is 0 Å². The highest BCUT2D eigenvalue weighted by molar-refractivity contribution is 9.10. The minimum Gasteiger partial charge on any atom is -0.393 e. The maximum Gasteiger partial charge on any atom is 0.274 e. The zero-order valence-electron chi connectivity index (χ0n) is 9.48. The zero-order chi connectivity index (χ0) is 13.2. The molecule has 1 aromatic rings. The molecule has 94 valence electrons. The first-order valence-corrected chi connectivity index (χ1v) is 5.99. The molecule has 17 heavy (non-hydrogen) atoms. The zero-order valence-corrected chi connectivity index (χ0v) is 11.1. The Balaban J connectivity index is 3.30. The van der Waals surface area contributed by atoms with Gasteiger partial charge in [-0.05, 0) is 28.4 Å². The van der Waals surface area contributed by atoms with Crippen LogP contribution in [0, 0.1) is 15.9 Å². The summed E-state index contributed by atoms with van der Waals surface area (Å²) in [6.45, 7) is 3.41. The van der Waals surface area contributed by atoms with Gasteiger partial charge in [-0.3, -0.25) is 10.1 Å². The van der Waals surface area contributed by atoms with E-state index >= 15 is 0 Å². The summed E-state index contributed by atoms with van der Waals surface area (Å²) >= 11 is 2.91. The lowest BCUT2D eigenvalue weighted by Crippen LogP contribution is -2.16. The van der Waals surface area contributed by atoms with Gasteiger partial charge in [0.1, 0.15) is 5.82 Å². The summed E-state index contributed by atoms with van der Waals surface area (Å²) in [4.78, 5) is 10.3. The van der Waals surface area contributed by atoms with Crippen molar-refractivity contribution in [1.29, 1.82) is 0 Å². The molecule has 0 fully saturated rings. The maximum atomic E-state index is 13.4. The molecule has 2 atom stereocenters. The molecular weight excluding hydrogens is 293 g/mol. The molecule has 0 aliphatic carbocycles. The van der Waals surface area contributed by atoms with Crippen molar-refractivity contribution in [3.05, 3.63) is 38.1 Å². The maximum absolute atomic E-state index is 13.4. The van der Waals surface area contributed by atoms with E-state index in [2.05, 4.69) is 15.9 Å². The van der Waals surface area contributed by atoms with Gasteiger partial charge in [0.25, 0.3) is 5.69 Å². The van der Waals surface area contributed by atoms with Crippen molar-refractivity contribution in [2.45, 2.75) is 32.3 Å². The molecule has 1 rings (SSSR count). The van der Waals surface area contributed by atoms with Crippen molar-refractivity contribution < 1.29 is 14.4 Å². The van der Waals surface area contributed by atoms with Gasteiger partial charge in [-0.2, -0.15) is 0 Å². The van der Waals surface area contributed by atoms with Gasteiger partial charge in [-0.15, -0.1) is 0 Å². The van der Waals surface area contributed by atoms with Crippen LogP contribution >= 0.6 is 15.9 Å². The molecular formula is C11H13BrFNO3. The summed E-state index contributed by atoms with van der Waals surface area (Å²) in [5, 5.41) is 20.6. The number of nitro benzene ring substituents is 1. The van der Waals surface area contributed by atoms with Gasteiger partial charge in [-0.1, -0.05) is 13.8 Å². The van der Waals surface area contributed by atoms with Crippen LogP contribution in [0.2, 0.25) is 0 Å². The van der Waals surface area contributed by atoms with Crippen molar-refractivity contribution in [3.8, 4) is 0 Å². The average molecular weight is 306 g/mol. The van der Waals surface area contributed by atoms with Gasteiger partial charge < -0.3 is 5.11 Å². The van der Waals surface area contributed by atoms with Gasteiger partial charge in [0.15, 0.2) is 0 Å². The van der Waals surface area contributed by atoms with E-state index in [1.165, 1.54) is 0 Å². The Labute approximate surface area is 107 Å². The number of hydrogen-bond acceptors (Lipinski definition) is 3. The highest BCUT2D eigenvalue weighted by Gasteiger charge is 2.25. The van der Waals surface area contributed by atoms with E-state index in [9.17, 15) is 19.6 Å². The smallest absolute Gasteiger partial charge is 0.274 e. The van der Waals surface area contributed by atoms with Gasteiger partial charge in [0.05, 0.1) is 15.5 Å². The number of aliphatic hydroxyl groups is 1. The second kappa shape index (κ2) is 5.55. The van der Waals surface area contributed by atoms with Gasteiger partial charge in [-0.25, -0.2) is 4.39 Å². The van der Waals surface area contributed by atoms with Crippen molar-refractivity contribution in [2.24, 2.45) is 0 Å². The number of nitro groups is 1. The summed E-state index contributed by atoms with van der Waals surface area (Å²) < 4.78 is 13.4. The van der Waals surface area contributed by atoms with E-state index in [1.54, 1.807) is 13.8 Å². The first kappa shape index (κ1) is 14.1. The van der Waals surface area contributed by atoms with Gasteiger partial charge >= 0.3 is 0 Å². The largest absolute Gasteiger partial charge is 0.393 e. The van der Waals surface area contributed by atoms with E-state index in [4.69, 9.17) is 0 Å². The van der Waals surface area contributed by atoms with Crippen molar-refractivity contribution in [2.75, 3.05) is 0 Å². The Bertz CT molecular complexity index is 439. The third-order valence-electron chi connectivity index (χ3n) is 2.75. The fraction of sp³-hybridized carbons (Fsp3) is 0.455. The number of rotatable bonds is 4. The molecule has 0 aromatic heterocycles. The molecule has 0 heterocycles. The summed E-state index contributed by atoms with van der Waals surface area (Å²) in [7, 11) is 0. The number of aliphatic hydroxyl groups excluding tert-OH is 1. The first-order chi connectivity index (χ1) is 7.88. The highest BCUT2D eigenvalue weighted by Crippen LogP contribution is 2.33. The molecule has 2 unspecified atom stereocenters. The SMILES string of the molecule is CCC(O)C(C)c1cc(F)c(Br)cc1[N+](=O)[O-]. The summed E-state index contributed by atoms with van der Waals surface area (Å²) in [5.41, 5.74) is 0.0309. The monoisotopic (exact) mass is 305 g/mol. The summed E-state index contributed by atoms with van der Waals surface area (Å²) in [5.74, 6) is -1.05. The van der Waals surface area contributed by atoms with Crippen LogP contribution in [0.1, 0.15) is 31.7 Å². The molecule has 1 N–H and O–H groups in total. The molecule has 0 radical (unpaired) electrons. The molecule has 0 aliphatic rings. The van der Waals surface area contributed by atoms with E-state index < -0.39 is 22.8 Å². The molecule has 0 saturated heterocycles. The van der Waals surface area contributed by atoms with Crippen LogP contribution in [0.3, 0.4) is 0 Å². The van der Waals surface area contributed by atoms with Gasteiger partial charge in [0, 0.05) is 17.5 Å². The molecule has 0 amide bonds. The standard InChI is InChI=1S/C11H13BrFNO3/c1-3-11(15)6(2)7-4-9(13)8(12)5-10(7)14(16)17/h4-6,11,15H,3H2,1-2H3. The van der Waals surface area contributed by atoms with Crippen molar-refractivity contribution in [3.63, 3.8) is 0 Å². The number of halogens is 2. The Morgan fingerprint density at radius 3 is 2.65 bits per heavy atom. The first-order valence-electron chi connectivity index (χ1n) is 5.19. The summed E-state index contributed by atoms with van der Waals surface area (Å²) in [6.07, 6.45) is -0.273. The number of benzene rings is 1. The lowest BCUT2D eigenvalue weighted by Gasteiger charge is -2.17. The average Bonchev–Trinajstić information content (AvgIpc) is 2.29. The Morgan fingerprint density at radius 2 is 2.18 bits per heavy atom. The minimum absolute atomic E-state index is 0.0474. The van der Waals surface area contributed by atoms with E-state index in [-0.39, 0.29) is 15.7 Å². The predicted octanol–water partition coefficient (Wildman–Crippen LogP) is 3.37. The molecule has 0 spiro atoms. The highest BCUT2D eigenvalue weighted by atomic mass is 79.9. The number of nitrogens with zero attached hydrogens (tertiary/aromatic N) is 1. The minimum atomic E-state index is -0.728. The Kier molecular flexibility index (Phi) is 4.59. The van der Waals surface area contributed by atoms with Crippen LogP contribution in [-0.4, -0.2) is 16.1 Å². The van der Waals surface area contributed by atoms with E-state index in [0.717, 1.165) is 12.1 Å². The van der Waals surface area contributed by atoms with Crippen LogP contribution in [-0.2, 0) is 0 Å². The van der Waals surface area contributed by atoms with Crippen molar-refractivity contribution >= 4 is 21.6 Å². The molecule has 0 bridgehead atoms. The molecule has 6 heteroatoms. The number of hydrogen-bond donors (Lipinski definition) is 1. The quantitative estimate of drug-likeness (QED) is 0.685. The van der Waals surface area contributed by atoms with Crippen LogP contribution in [0.15, 0.2) is 16.6 Å². The second-order valence-electron chi connectivity index (χ2n) is 3.85. The topological polar surface area (TPSA) is 63.4 Å². The van der Waals surface area contributed by atoms with Crippen LogP contribution in [0.25, 0.3) is 0 Å². The third-order valence-corrected chi connectivity index (χ3v) is 3.36. The molecule has 0 saturated carbocycles. The molecule has 4 nitrogen and oxygen atoms in total. The molecule has 1 aromatic carbocycles. The fourth-order valence-corrected chi connectivity index (χ4v) is 1.97. The normalized spacial score (nSPS) is 14.4. The van der Waals surface area contributed by atoms with Crippen LogP contribution in [0.5, 0.6) is 0 Å². The third kappa shape index (κ3) is 3.01. The molecule has 0 aliphatic heterocycles. The van der Waals surface area contributed by atoms with Crippen molar-refractivity contribution in [1.82, 2.24) is 0 Å². The Morgan fingerprint density at radius 1 is 1.59 bits per heavy atom. The van der Waals surface area contributed by atoms with E-state index in [0.29, 0.717) is 6.42 Å². The predicted molar refractivity (Wildman–Crippen MR) is 65.5 cm³/mol. The van der Waals surface area contributed by atoms with Crippen LogP contribution in [0.4, 0.5) is 10.1 Å². The lowest BCUT2D eigenvalue weighted by atomic mass is 9.92.